The van der Waals surface area contributed by atoms with Gasteiger partial charge in [-0.3, -0.25) is 0 Å². The second kappa shape index (κ2) is 8.72. The minimum absolute atomic E-state index is 0.0863. The summed E-state index contributed by atoms with van der Waals surface area (Å²) < 4.78 is 52.1. The van der Waals surface area contributed by atoms with Crippen LogP contribution in [0.15, 0.2) is 24.3 Å². The molecule has 0 radical (unpaired) electrons. The highest BCUT2D eigenvalue weighted by Crippen LogP contribution is 2.37. The molecule has 166 valence electrons. The number of nitrogens with zero attached hydrogens (tertiary/aromatic N) is 2. The Hall–Kier alpha value is -2.23. The van der Waals surface area contributed by atoms with Gasteiger partial charge in [-0.2, -0.15) is 0 Å². The number of halogens is 3. The van der Waals surface area contributed by atoms with Crippen molar-refractivity contribution in [3.05, 3.63) is 41.7 Å². The molecule has 2 saturated heterocycles. The normalized spacial score (nSPS) is 30.4. The van der Waals surface area contributed by atoms with Crippen molar-refractivity contribution in [2.24, 2.45) is 5.92 Å². The van der Waals surface area contributed by atoms with E-state index in [1.54, 1.807) is 6.07 Å². The Labute approximate surface area is 178 Å². The van der Waals surface area contributed by atoms with Crippen molar-refractivity contribution in [2.75, 3.05) is 25.1 Å². The number of ether oxygens (including phenoxy) is 2. The summed E-state index contributed by atoms with van der Waals surface area (Å²) in [4.78, 5) is 0. The van der Waals surface area contributed by atoms with E-state index in [1.165, 1.54) is 6.07 Å². The molecule has 1 aliphatic carbocycles. The van der Waals surface area contributed by atoms with Crippen molar-refractivity contribution in [2.45, 2.75) is 49.9 Å². The Morgan fingerprint density at radius 1 is 1.06 bits per heavy atom. The van der Waals surface area contributed by atoms with E-state index in [9.17, 15) is 13.2 Å². The maximum atomic E-state index is 14.0. The summed E-state index contributed by atoms with van der Waals surface area (Å²) in [5, 5.41) is 15.2. The highest BCUT2D eigenvalue weighted by atomic mass is 19.2. The van der Waals surface area contributed by atoms with E-state index in [1.807, 2.05) is 0 Å². The van der Waals surface area contributed by atoms with Crippen LogP contribution >= 0.6 is 0 Å². The van der Waals surface area contributed by atoms with Crippen LogP contribution in [-0.2, 0) is 9.47 Å². The van der Waals surface area contributed by atoms with E-state index >= 15 is 0 Å². The predicted octanol–water partition coefficient (Wildman–Crippen LogP) is 3.29. The second-order valence-corrected chi connectivity index (χ2v) is 8.63. The quantitative estimate of drug-likeness (QED) is 0.704. The van der Waals surface area contributed by atoms with Crippen LogP contribution in [0.5, 0.6) is 0 Å². The van der Waals surface area contributed by atoms with E-state index < -0.39 is 17.5 Å². The lowest BCUT2D eigenvalue weighted by atomic mass is 9.98. The average Bonchev–Trinajstić information content (AvgIpc) is 3.30. The topological polar surface area (TPSA) is 68.3 Å². The van der Waals surface area contributed by atoms with Gasteiger partial charge in [0.05, 0.1) is 31.6 Å². The van der Waals surface area contributed by atoms with Gasteiger partial charge in [-0.25, -0.2) is 13.2 Å². The Bertz CT molecular complexity index is 910. The molecule has 3 heterocycles. The van der Waals surface area contributed by atoms with Gasteiger partial charge in [0.2, 0.25) is 0 Å². The third-order valence-corrected chi connectivity index (χ3v) is 6.45. The number of rotatable bonds is 5. The predicted molar refractivity (Wildman–Crippen MR) is 108 cm³/mol. The second-order valence-electron chi connectivity index (χ2n) is 8.63. The standard InChI is InChI=1S/C22H25F3N4O2/c23-13-7-17(22(25)18(24)8-13)19-1-2-21(29-28-19)27-15-6-12-5-14(26-20(12)10-15)9-16-11-30-3-4-31-16/h1-2,7-8,12,14-16,20,26H,3-6,9-11H2,(H,27,29)/t12-,14?,15+,16+,20+/m1/s1. The van der Waals surface area contributed by atoms with Gasteiger partial charge >= 0.3 is 0 Å². The molecule has 1 unspecified atom stereocenters. The van der Waals surface area contributed by atoms with E-state index in [4.69, 9.17) is 9.47 Å². The van der Waals surface area contributed by atoms with Crippen molar-refractivity contribution < 1.29 is 22.6 Å². The zero-order valence-corrected chi connectivity index (χ0v) is 17.0. The molecule has 0 bridgehead atoms. The maximum absolute atomic E-state index is 14.0. The number of hydrogen-bond donors (Lipinski definition) is 2. The first-order valence-corrected chi connectivity index (χ1v) is 10.8. The van der Waals surface area contributed by atoms with Crippen LogP contribution in [0.4, 0.5) is 19.0 Å². The summed E-state index contributed by atoms with van der Waals surface area (Å²) >= 11 is 0. The molecule has 0 spiro atoms. The Morgan fingerprint density at radius 2 is 1.97 bits per heavy atom. The van der Waals surface area contributed by atoms with Crippen LogP contribution in [0.1, 0.15) is 25.7 Å². The summed E-state index contributed by atoms with van der Waals surface area (Å²) in [6.07, 6.45) is 4.30. The molecule has 6 nitrogen and oxygen atoms in total. The van der Waals surface area contributed by atoms with Gasteiger partial charge in [0.1, 0.15) is 11.6 Å². The van der Waals surface area contributed by atoms with Crippen molar-refractivity contribution in [3.63, 3.8) is 0 Å². The van der Waals surface area contributed by atoms with Crippen LogP contribution < -0.4 is 10.6 Å². The largest absolute Gasteiger partial charge is 0.376 e. The third-order valence-electron chi connectivity index (χ3n) is 6.45. The molecule has 2 aliphatic heterocycles. The van der Waals surface area contributed by atoms with Crippen molar-refractivity contribution in [1.82, 2.24) is 15.5 Å². The molecule has 2 N–H and O–H groups in total. The fraction of sp³-hybridized carbons (Fsp3) is 0.545. The number of benzene rings is 1. The molecule has 9 heteroatoms. The molecule has 5 atom stereocenters. The zero-order valence-electron chi connectivity index (χ0n) is 17.0. The summed E-state index contributed by atoms with van der Waals surface area (Å²) in [5.41, 5.74) is -0.155. The Kier molecular flexibility index (Phi) is 5.81. The number of hydrogen-bond acceptors (Lipinski definition) is 6. The lowest BCUT2D eigenvalue weighted by Crippen LogP contribution is -2.37. The molecule has 1 aromatic carbocycles. The zero-order chi connectivity index (χ0) is 21.4. The molecule has 1 saturated carbocycles. The molecule has 3 aliphatic rings. The minimum atomic E-state index is -1.25. The van der Waals surface area contributed by atoms with Crippen LogP contribution in [-0.4, -0.2) is 54.2 Å². The van der Waals surface area contributed by atoms with Crippen molar-refractivity contribution in [1.29, 1.82) is 0 Å². The van der Waals surface area contributed by atoms with Crippen LogP contribution in [0, 0.1) is 23.4 Å². The first-order valence-electron chi connectivity index (χ1n) is 10.8. The lowest BCUT2D eigenvalue weighted by Gasteiger charge is -2.26. The summed E-state index contributed by atoms with van der Waals surface area (Å²) in [5.74, 6) is -2.07. The highest BCUT2D eigenvalue weighted by molar-refractivity contribution is 5.60. The summed E-state index contributed by atoms with van der Waals surface area (Å²) in [6, 6.07) is 5.79. The fourth-order valence-electron chi connectivity index (χ4n) is 5.10. The van der Waals surface area contributed by atoms with Crippen LogP contribution in [0.2, 0.25) is 0 Å². The van der Waals surface area contributed by atoms with Gasteiger partial charge in [-0.05, 0) is 49.8 Å². The molecule has 3 fully saturated rings. The van der Waals surface area contributed by atoms with Crippen molar-refractivity contribution in [3.8, 4) is 11.3 Å². The molecular formula is C22H25F3N4O2. The number of aromatic nitrogens is 2. The van der Waals surface area contributed by atoms with Gasteiger partial charge < -0.3 is 20.1 Å². The van der Waals surface area contributed by atoms with Crippen LogP contribution in [0.25, 0.3) is 11.3 Å². The number of nitrogens with one attached hydrogen (secondary N) is 2. The number of fused-ring (bicyclic) bond motifs is 1. The molecule has 1 aromatic heterocycles. The number of anilines is 1. The van der Waals surface area contributed by atoms with E-state index in [2.05, 4.69) is 20.8 Å². The highest BCUT2D eigenvalue weighted by Gasteiger charge is 2.42. The average molecular weight is 434 g/mol. The first kappa shape index (κ1) is 20.7. The SMILES string of the molecule is Fc1cc(F)c(F)c(-c2ccc(N[C@H]3C[C@H]4CC(C[C@H]5COCCO5)N[C@H]4C3)nn2)c1. The molecule has 2 aromatic rings. The smallest absolute Gasteiger partial charge is 0.168 e. The van der Waals surface area contributed by atoms with Gasteiger partial charge in [0.15, 0.2) is 11.6 Å². The van der Waals surface area contributed by atoms with Gasteiger partial charge in [-0.15, -0.1) is 10.2 Å². The van der Waals surface area contributed by atoms with Gasteiger partial charge in [-0.1, -0.05) is 0 Å². The lowest BCUT2D eigenvalue weighted by molar-refractivity contribution is -0.0932. The Morgan fingerprint density at radius 3 is 2.71 bits per heavy atom. The molecule has 5 rings (SSSR count). The fourth-order valence-corrected chi connectivity index (χ4v) is 5.10. The maximum Gasteiger partial charge on any atom is 0.168 e. The monoisotopic (exact) mass is 434 g/mol. The van der Waals surface area contributed by atoms with E-state index in [0.717, 1.165) is 31.7 Å². The molecular weight excluding hydrogens is 409 g/mol. The molecule has 0 amide bonds. The molecule has 31 heavy (non-hydrogen) atoms. The van der Waals surface area contributed by atoms with E-state index in [-0.39, 0.29) is 23.4 Å². The van der Waals surface area contributed by atoms with E-state index in [0.29, 0.717) is 49.7 Å². The first-order chi connectivity index (χ1) is 15.0. The summed E-state index contributed by atoms with van der Waals surface area (Å²) in [7, 11) is 0. The summed E-state index contributed by atoms with van der Waals surface area (Å²) in [6.45, 7) is 2.04. The van der Waals surface area contributed by atoms with Crippen molar-refractivity contribution >= 4 is 5.82 Å². The third kappa shape index (κ3) is 4.53. The van der Waals surface area contributed by atoms with Crippen LogP contribution in [0.3, 0.4) is 0 Å². The minimum Gasteiger partial charge on any atom is -0.376 e. The Balaban J connectivity index is 1.16. The van der Waals surface area contributed by atoms with Gasteiger partial charge in [0.25, 0.3) is 0 Å². The van der Waals surface area contributed by atoms with Gasteiger partial charge in [0, 0.05) is 29.8 Å².